The predicted octanol–water partition coefficient (Wildman–Crippen LogP) is 0.718. The van der Waals surface area contributed by atoms with Gasteiger partial charge in [-0.15, -0.1) is 0 Å². The highest BCUT2D eigenvalue weighted by atomic mass is 16.1. The Morgan fingerprint density at radius 2 is 2.25 bits per heavy atom. The summed E-state index contributed by atoms with van der Waals surface area (Å²) in [6, 6.07) is 5.57. The van der Waals surface area contributed by atoms with Crippen molar-refractivity contribution in [3.63, 3.8) is 0 Å². The van der Waals surface area contributed by atoms with Gasteiger partial charge < -0.3 is 5.73 Å². The smallest absolute Gasteiger partial charge is 0.277 e. The Kier molecular flexibility index (Phi) is 1.52. The average molecular weight is 160 g/mol. The molecule has 2 N–H and O–H groups in total. The maximum absolute atomic E-state index is 11.1. The molecule has 12 heavy (non-hydrogen) atoms. The third kappa shape index (κ3) is 0.950. The van der Waals surface area contributed by atoms with Crippen molar-refractivity contribution >= 4 is 12.1 Å². The molecule has 1 aromatic rings. The SMILES string of the molecule is NCc1ccc2c(c1)C(=O)N=C2. The lowest BCUT2D eigenvalue weighted by molar-refractivity contribution is 0.101. The first kappa shape index (κ1) is 7.18. The molecule has 3 nitrogen and oxygen atoms in total. The second-order valence-corrected chi connectivity index (χ2v) is 2.69. The van der Waals surface area contributed by atoms with E-state index in [9.17, 15) is 4.79 Å². The molecule has 1 aromatic carbocycles. The van der Waals surface area contributed by atoms with Gasteiger partial charge in [0.1, 0.15) is 0 Å². The van der Waals surface area contributed by atoms with Gasteiger partial charge in [0.25, 0.3) is 5.91 Å². The zero-order valence-corrected chi connectivity index (χ0v) is 6.45. The second-order valence-electron chi connectivity index (χ2n) is 2.69. The number of amides is 1. The first-order chi connectivity index (χ1) is 5.81. The van der Waals surface area contributed by atoms with Crippen molar-refractivity contribution in [2.75, 3.05) is 0 Å². The van der Waals surface area contributed by atoms with Gasteiger partial charge in [0.05, 0.1) is 5.56 Å². The molecule has 3 heteroatoms. The molecule has 0 saturated heterocycles. The number of nitrogens with zero attached hydrogens (tertiary/aromatic N) is 1. The highest BCUT2D eigenvalue weighted by molar-refractivity contribution is 6.12. The Balaban J connectivity index is 2.55. The van der Waals surface area contributed by atoms with Crippen molar-refractivity contribution in [2.45, 2.75) is 6.54 Å². The van der Waals surface area contributed by atoms with E-state index in [-0.39, 0.29) is 5.91 Å². The molecule has 0 unspecified atom stereocenters. The number of nitrogens with two attached hydrogens (primary N) is 1. The standard InChI is InChI=1S/C9H8N2O/c10-4-6-1-2-7-5-11-9(12)8(7)3-6/h1-3,5H,4,10H2. The third-order valence-corrected chi connectivity index (χ3v) is 1.90. The van der Waals surface area contributed by atoms with Crippen LogP contribution in [0.4, 0.5) is 0 Å². The first-order valence-corrected chi connectivity index (χ1v) is 3.72. The third-order valence-electron chi connectivity index (χ3n) is 1.90. The molecule has 0 fully saturated rings. The molecule has 0 atom stereocenters. The molecule has 2 rings (SSSR count). The van der Waals surface area contributed by atoms with Crippen LogP contribution >= 0.6 is 0 Å². The summed E-state index contributed by atoms with van der Waals surface area (Å²) in [5, 5.41) is 0. The van der Waals surface area contributed by atoms with Crippen LogP contribution in [-0.4, -0.2) is 12.1 Å². The van der Waals surface area contributed by atoms with Gasteiger partial charge >= 0.3 is 0 Å². The molecule has 60 valence electrons. The second kappa shape index (κ2) is 2.53. The Hall–Kier alpha value is -1.48. The fraction of sp³-hybridized carbons (Fsp3) is 0.111. The van der Waals surface area contributed by atoms with Crippen LogP contribution in [0, 0.1) is 0 Å². The number of rotatable bonds is 1. The van der Waals surface area contributed by atoms with Gasteiger partial charge in [0.2, 0.25) is 0 Å². The van der Waals surface area contributed by atoms with E-state index < -0.39 is 0 Å². The Morgan fingerprint density at radius 1 is 1.42 bits per heavy atom. The van der Waals surface area contributed by atoms with Gasteiger partial charge in [-0.3, -0.25) is 4.79 Å². The lowest BCUT2D eigenvalue weighted by Gasteiger charge is -1.98. The molecule has 0 bridgehead atoms. The van der Waals surface area contributed by atoms with E-state index in [1.54, 1.807) is 12.3 Å². The summed E-state index contributed by atoms with van der Waals surface area (Å²) in [4.78, 5) is 14.8. The van der Waals surface area contributed by atoms with E-state index in [1.165, 1.54) is 0 Å². The van der Waals surface area contributed by atoms with E-state index in [1.807, 2.05) is 12.1 Å². The van der Waals surface area contributed by atoms with Gasteiger partial charge in [-0.1, -0.05) is 12.1 Å². The summed E-state index contributed by atoms with van der Waals surface area (Å²) >= 11 is 0. The van der Waals surface area contributed by atoms with E-state index in [2.05, 4.69) is 4.99 Å². The van der Waals surface area contributed by atoms with Crippen LogP contribution in [-0.2, 0) is 6.54 Å². The van der Waals surface area contributed by atoms with E-state index in [0.29, 0.717) is 12.1 Å². The molecule has 0 saturated carbocycles. The summed E-state index contributed by atoms with van der Waals surface area (Å²) in [5.74, 6) is -0.166. The zero-order valence-electron chi connectivity index (χ0n) is 6.45. The van der Waals surface area contributed by atoms with Crippen molar-refractivity contribution < 1.29 is 4.79 Å². The van der Waals surface area contributed by atoms with Crippen LogP contribution in [0.5, 0.6) is 0 Å². The molecule has 0 spiro atoms. The van der Waals surface area contributed by atoms with Gasteiger partial charge in [0.15, 0.2) is 0 Å². The predicted molar refractivity (Wildman–Crippen MR) is 46.3 cm³/mol. The molecule has 1 aliphatic heterocycles. The number of aliphatic imine (C=N–C) groups is 1. The number of hydrogen-bond acceptors (Lipinski definition) is 2. The van der Waals surface area contributed by atoms with E-state index in [0.717, 1.165) is 11.1 Å². The quantitative estimate of drug-likeness (QED) is 0.658. The molecule has 0 radical (unpaired) electrons. The summed E-state index contributed by atoms with van der Waals surface area (Å²) in [6.45, 7) is 0.459. The minimum absolute atomic E-state index is 0.166. The fourth-order valence-electron chi connectivity index (χ4n) is 1.23. The van der Waals surface area contributed by atoms with Crippen LogP contribution in [0.15, 0.2) is 23.2 Å². The largest absolute Gasteiger partial charge is 0.326 e. The van der Waals surface area contributed by atoms with Gasteiger partial charge in [-0.25, -0.2) is 4.99 Å². The Bertz CT molecular complexity index is 369. The minimum Gasteiger partial charge on any atom is -0.326 e. The maximum Gasteiger partial charge on any atom is 0.277 e. The minimum atomic E-state index is -0.166. The highest BCUT2D eigenvalue weighted by Gasteiger charge is 2.14. The molecular weight excluding hydrogens is 152 g/mol. The summed E-state index contributed by atoms with van der Waals surface area (Å²) in [6.07, 6.45) is 1.58. The molecule has 0 aromatic heterocycles. The van der Waals surface area contributed by atoms with Gasteiger partial charge in [-0.05, 0) is 11.6 Å². The monoisotopic (exact) mass is 160 g/mol. The van der Waals surface area contributed by atoms with E-state index in [4.69, 9.17) is 5.73 Å². The zero-order chi connectivity index (χ0) is 8.55. The summed E-state index contributed by atoms with van der Waals surface area (Å²) < 4.78 is 0. The van der Waals surface area contributed by atoms with Crippen LogP contribution in [0.25, 0.3) is 0 Å². The molecule has 1 amide bonds. The van der Waals surface area contributed by atoms with Crippen molar-refractivity contribution in [1.29, 1.82) is 0 Å². The topological polar surface area (TPSA) is 55.5 Å². The van der Waals surface area contributed by atoms with E-state index >= 15 is 0 Å². The normalized spacial score (nSPS) is 13.6. The molecule has 1 heterocycles. The fourth-order valence-corrected chi connectivity index (χ4v) is 1.23. The van der Waals surface area contributed by atoms with Crippen molar-refractivity contribution in [3.05, 3.63) is 34.9 Å². The van der Waals surface area contributed by atoms with Crippen LogP contribution in [0.1, 0.15) is 21.5 Å². The maximum atomic E-state index is 11.1. The van der Waals surface area contributed by atoms with Crippen LogP contribution in [0.2, 0.25) is 0 Å². The first-order valence-electron chi connectivity index (χ1n) is 3.72. The van der Waals surface area contributed by atoms with Crippen molar-refractivity contribution in [1.82, 2.24) is 0 Å². The lowest BCUT2D eigenvalue weighted by atomic mass is 10.1. The Labute approximate surface area is 69.9 Å². The highest BCUT2D eigenvalue weighted by Crippen LogP contribution is 2.15. The van der Waals surface area contributed by atoms with Crippen LogP contribution < -0.4 is 5.73 Å². The number of hydrogen-bond donors (Lipinski definition) is 1. The number of carbonyl (C=O) groups excluding carboxylic acids is 1. The molecular formula is C9H8N2O. The summed E-state index contributed by atoms with van der Waals surface area (Å²) in [7, 11) is 0. The number of fused-ring (bicyclic) bond motifs is 1. The number of benzene rings is 1. The van der Waals surface area contributed by atoms with Crippen molar-refractivity contribution in [3.8, 4) is 0 Å². The average Bonchev–Trinajstić information content (AvgIpc) is 2.47. The summed E-state index contributed by atoms with van der Waals surface area (Å²) in [5.41, 5.74) is 7.95. The lowest BCUT2D eigenvalue weighted by Crippen LogP contribution is -1.99. The van der Waals surface area contributed by atoms with Gasteiger partial charge in [0, 0.05) is 18.3 Å². The van der Waals surface area contributed by atoms with Crippen molar-refractivity contribution in [2.24, 2.45) is 10.7 Å². The van der Waals surface area contributed by atoms with Gasteiger partial charge in [-0.2, -0.15) is 0 Å². The molecule has 1 aliphatic rings. The number of carbonyl (C=O) groups is 1. The Morgan fingerprint density at radius 3 is 3.00 bits per heavy atom. The molecule has 0 aliphatic carbocycles. The van der Waals surface area contributed by atoms with Crippen LogP contribution in [0.3, 0.4) is 0 Å².